The summed E-state index contributed by atoms with van der Waals surface area (Å²) in [5.74, 6) is 0.861. The van der Waals surface area contributed by atoms with Gasteiger partial charge in [0, 0.05) is 12.1 Å². The first-order valence-corrected chi connectivity index (χ1v) is 8.16. The van der Waals surface area contributed by atoms with Crippen LogP contribution >= 0.6 is 0 Å². The second kappa shape index (κ2) is 6.09. The van der Waals surface area contributed by atoms with Crippen molar-refractivity contribution in [1.82, 2.24) is 5.32 Å². The summed E-state index contributed by atoms with van der Waals surface area (Å²) in [5, 5.41) is 3.99. The van der Waals surface area contributed by atoms with Crippen LogP contribution in [-0.2, 0) is 12.8 Å². The van der Waals surface area contributed by atoms with Crippen LogP contribution in [0.2, 0.25) is 0 Å². The monoisotopic (exact) mass is 257 g/mol. The maximum Gasteiger partial charge on any atom is 0.0113 e. The molecule has 3 rings (SSSR count). The lowest BCUT2D eigenvalue weighted by atomic mass is 9.86. The first-order valence-electron chi connectivity index (χ1n) is 8.16. The molecule has 3 atom stereocenters. The van der Waals surface area contributed by atoms with Gasteiger partial charge in [0.1, 0.15) is 0 Å². The van der Waals surface area contributed by atoms with E-state index in [1.54, 1.807) is 11.1 Å². The fourth-order valence-electron chi connectivity index (χ4n) is 3.88. The Morgan fingerprint density at radius 3 is 2.63 bits per heavy atom. The van der Waals surface area contributed by atoms with E-state index < -0.39 is 0 Å². The SMILES string of the molecule is CC1CCCCCC1NC1CCc2ccccc2C1. The highest BCUT2D eigenvalue weighted by molar-refractivity contribution is 5.30. The van der Waals surface area contributed by atoms with E-state index in [1.807, 2.05) is 0 Å². The van der Waals surface area contributed by atoms with Gasteiger partial charge in [-0.2, -0.15) is 0 Å². The van der Waals surface area contributed by atoms with Gasteiger partial charge in [-0.25, -0.2) is 0 Å². The van der Waals surface area contributed by atoms with Crippen LogP contribution < -0.4 is 5.32 Å². The molecule has 1 N–H and O–H groups in total. The van der Waals surface area contributed by atoms with Gasteiger partial charge in [-0.05, 0) is 49.1 Å². The molecule has 0 spiro atoms. The van der Waals surface area contributed by atoms with E-state index in [9.17, 15) is 0 Å². The summed E-state index contributed by atoms with van der Waals surface area (Å²) >= 11 is 0. The fraction of sp³-hybridized carbons (Fsp3) is 0.667. The molecule has 1 saturated carbocycles. The van der Waals surface area contributed by atoms with Gasteiger partial charge in [0.05, 0.1) is 0 Å². The number of hydrogen-bond donors (Lipinski definition) is 1. The van der Waals surface area contributed by atoms with E-state index in [4.69, 9.17) is 0 Å². The fourth-order valence-corrected chi connectivity index (χ4v) is 3.88. The second-order valence-electron chi connectivity index (χ2n) is 6.60. The molecule has 19 heavy (non-hydrogen) atoms. The number of hydrogen-bond acceptors (Lipinski definition) is 1. The van der Waals surface area contributed by atoms with Crippen molar-refractivity contribution in [3.63, 3.8) is 0 Å². The van der Waals surface area contributed by atoms with E-state index in [2.05, 4.69) is 36.5 Å². The van der Waals surface area contributed by atoms with Gasteiger partial charge >= 0.3 is 0 Å². The van der Waals surface area contributed by atoms with E-state index in [-0.39, 0.29) is 0 Å². The number of nitrogens with one attached hydrogen (secondary N) is 1. The molecule has 0 aliphatic heterocycles. The van der Waals surface area contributed by atoms with E-state index in [0.717, 1.165) is 12.0 Å². The quantitative estimate of drug-likeness (QED) is 0.786. The van der Waals surface area contributed by atoms with Gasteiger partial charge in [0.2, 0.25) is 0 Å². The van der Waals surface area contributed by atoms with Crippen LogP contribution in [0.4, 0.5) is 0 Å². The molecule has 0 heterocycles. The van der Waals surface area contributed by atoms with Gasteiger partial charge in [0.15, 0.2) is 0 Å². The second-order valence-corrected chi connectivity index (χ2v) is 6.60. The van der Waals surface area contributed by atoms with Gasteiger partial charge in [0.25, 0.3) is 0 Å². The lowest BCUT2D eigenvalue weighted by Gasteiger charge is -2.32. The summed E-state index contributed by atoms with van der Waals surface area (Å²) in [4.78, 5) is 0. The summed E-state index contributed by atoms with van der Waals surface area (Å²) < 4.78 is 0. The Bertz CT molecular complexity index is 412. The Hall–Kier alpha value is -0.820. The molecule has 0 aromatic heterocycles. The van der Waals surface area contributed by atoms with E-state index >= 15 is 0 Å². The first-order chi connectivity index (χ1) is 9.33. The third-order valence-corrected chi connectivity index (χ3v) is 5.16. The lowest BCUT2D eigenvalue weighted by Crippen LogP contribution is -2.44. The molecule has 2 aliphatic carbocycles. The van der Waals surface area contributed by atoms with Gasteiger partial charge in [-0.3, -0.25) is 0 Å². The largest absolute Gasteiger partial charge is 0.311 e. The van der Waals surface area contributed by atoms with E-state index in [0.29, 0.717) is 6.04 Å². The van der Waals surface area contributed by atoms with Gasteiger partial charge in [-0.15, -0.1) is 0 Å². The van der Waals surface area contributed by atoms with Crippen LogP contribution in [0, 0.1) is 5.92 Å². The molecular weight excluding hydrogens is 230 g/mol. The van der Waals surface area contributed by atoms with Crippen LogP contribution in [0.3, 0.4) is 0 Å². The summed E-state index contributed by atoms with van der Waals surface area (Å²) in [6.07, 6.45) is 10.9. The third kappa shape index (κ3) is 3.20. The van der Waals surface area contributed by atoms with Crippen molar-refractivity contribution >= 4 is 0 Å². The molecule has 0 saturated heterocycles. The van der Waals surface area contributed by atoms with Crippen LogP contribution in [0.15, 0.2) is 24.3 Å². The van der Waals surface area contributed by atoms with Crippen molar-refractivity contribution in [3.05, 3.63) is 35.4 Å². The minimum Gasteiger partial charge on any atom is -0.311 e. The minimum atomic E-state index is 0.709. The third-order valence-electron chi connectivity index (χ3n) is 5.16. The van der Waals surface area contributed by atoms with Crippen molar-refractivity contribution in [2.75, 3.05) is 0 Å². The molecule has 0 radical (unpaired) electrons. The number of benzene rings is 1. The zero-order chi connectivity index (χ0) is 13.1. The van der Waals surface area contributed by atoms with Gasteiger partial charge in [-0.1, -0.05) is 50.5 Å². The maximum absolute atomic E-state index is 3.99. The average Bonchev–Trinajstić information content (AvgIpc) is 2.64. The zero-order valence-corrected chi connectivity index (χ0v) is 12.2. The first kappa shape index (κ1) is 13.2. The predicted molar refractivity (Wildman–Crippen MR) is 81.4 cm³/mol. The summed E-state index contributed by atoms with van der Waals surface area (Å²) in [6.45, 7) is 2.44. The van der Waals surface area contributed by atoms with Crippen LogP contribution in [0.1, 0.15) is 56.6 Å². The molecule has 1 aromatic carbocycles. The summed E-state index contributed by atoms with van der Waals surface area (Å²) in [6, 6.07) is 10.5. The molecule has 0 bridgehead atoms. The number of fused-ring (bicyclic) bond motifs is 1. The molecule has 1 fully saturated rings. The molecule has 0 amide bonds. The molecule has 1 heteroatoms. The minimum absolute atomic E-state index is 0.709. The van der Waals surface area contributed by atoms with Crippen molar-refractivity contribution < 1.29 is 0 Å². The Morgan fingerprint density at radius 1 is 0.947 bits per heavy atom. The Kier molecular flexibility index (Phi) is 4.22. The highest BCUT2D eigenvalue weighted by Crippen LogP contribution is 2.26. The van der Waals surface area contributed by atoms with Crippen molar-refractivity contribution in [1.29, 1.82) is 0 Å². The normalized spacial score (nSPS) is 31.5. The maximum atomic E-state index is 3.99. The van der Waals surface area contributed by atoms with Crippen LogP contribution in [-0.4, -0.2) is 12.1 Å². The van der Waals surface area contributed by atoms with Gasteiger partial charge < -0.3 is 5.32 Å². The zero-order valence-electron chi connectivity index (χ0n) is 12.2. The smallest absolute Gasteiger partial charge is 0.0113 e. The Labute approximate surface area is 117 Å². The highest BCUT2D eigenvalue weighted by atomic mass is 15.0. The molecule has 3 unspecified atom stereocenters. The van der Waals surface area contributed by atoms with E-state index in [1.165, 1.54) is 51.4 Å². The van der Waals surface area contributed by atoms with Crippen molar-refractivity contribution in [3.8, 4) is 0 Å². The molecular formula is C18H27N. The summed E-state index contributed by atoms with van der Waals surface area (Å²) in [7, 11) is 0. The number of rotatable bonds is 2. The molecule has 2 aliphatic rings. The lowest BCUT2D eigenvalue weighted by molar-refractivity contribution is 0.305. The van der Waals surface area contributed by atoms with Crippen molar-refractivity contribution in [2.45, 2.75) is 70.4 Å². The standard InChI is InChI=1S/C18H27N/c1-14-7-3-2-4-10-18(14)19-17-12-11-15-8-5-6-9-16(15)13-17/h5-6,8-9,14,17-19H,2-4,7,10-13H2,1H3. The number of aryl methyl sites for hydroxylation is 1. The average molecular weight is 257 g/mol. The Balaban J connectivity index is 1.62. The van der Waals surface area contributed by atoms with Crippen LogP contribution in [0.25, 0.3) is 0 Å². The predicted octanol–water partition coefficient (Wildman–Crippen LogP) is 4.10. The van der Waals surface area contributed by atoms with Crippen molar-refractivity contribution in [2.24, 2.45) is 5.92 Å². The topological polar surface area (TPSA) is 12.0 Å². The summed E-state index contributed by atoms with van der Waals surface area (Å²) in [5.41, 5.74) is 3.15. The molecule has 1 nitrogen and oxygen atoms in total. The molecule has 1 aromatic rings. The Morgan fingerprint density at radius 2 is 1.74 bits per heavy atom. The van der Waals surface area contributed by atoms with Crippen LogP contribution in [0.5, 0.6) is 0 Å². The molecule has 104 valence electrons. The highest BCUT2D eigenvalue weighted by Gasteiger charge is 2.25.